The van der Waals surface area contributed by atoms with Crippen molar-refractivity contribution >= 4 is 29.8 Å². The number of carbonyl (C=O) groups is 5. The molecule has 0 spiro atoms. The molecule has 5 rings (SSSR count). The Kier molecular flexibility index (Phi) is 31.4. The Morgan fingerprint density at radius 1 is 0.613 bits per heavy atom. The second-order valence-corrected chi connectivity index (χ2v) is 15.8. The molecule has 22 nitrogen and oxygen atoms in total. The molecule has 0 saturated carbocycles. The van der Waals surface area contributed by atoms with E-state index in [0.717, 1.165) is 16.9 Å². The highest BCUT2D eigenvalue weighted by Gasteiger charge is 2.29. The first-order valence-electron chi connectivity index (χ1n) is 24.4. The van der Waals surface area contributed by atoms with Crippen LogP contribution in [0.5, 0.6) is 17.2 Å². The summed E-state index contributed by atoms with van der Waals surface area (Å²) in [6.45, 7) is 6.55. The summed E-state index contributed by atoms with van der Waals surface area (Å²) in [6.07, 6.45) is -0.493. The Morgan fingerprint density at radius 3 is 1.71 bits per heavy atom. The largest absolute Gasteiger partial charge is 0.497 e. The molecular weight excluding hydrogens is 977 g/mol. The molecule has 75 heavy (non-hydrogen) atoms. The summed E-state index contributed by atoms with van der Waals surface area (Å²) in [6, 6.07) is 28.6. The fourth-order valence-corrected chi connectivity index (χ4v) is 7.03. The van der Waals surface area contributed by atoms with E-state index in [4.69, 9.17) is 63.9 Å². The van der Waals surface area contributed by atoms with Gasteiger partial charge in [0.25, 0.3) is 0 Å². The zero-order valence-electron chi connectivity index (χ0n) is 43.3. The van der Waals surface area contributed by atoms with Crippen LogP contribution in [0, 0.1) is 0 Å². The van der Waals surface area contributed by atoms with Crippen molar-refractivity contribution in [2.75, 3.05) is 140 Å². The molecule has 9 N–H and O–H groups in total. The smallest absolute Gasteiger partial charge is 0.407 e. The molecule has 0 fully saturated rings. The molecule has 1 aliphatic carbocycles. The van der Waals surface area contributed by atoms with Gasteiger partial charge < -0.3 is 85.2 Å². The molecule has 4 aromatic carbocycles. The highest BCUT2D eigenvalue weighted by molar-refractivity contribution is 5.86. The Morgan fingerprint density at radius 2 is 1.16 bits per heavy atom. The van der Waals surface area contributed by atoms with E-state index in [-0.39, 0.29) is 70.5 Å². The van der Waals surface area contributed by atoms with Crippen molar-refractivity contribution in [2.45, 2.75) is 18.9 Å². The minimum absolute atomic E-state index is 0.0285. The first-order valence-corrected chi connectivity index (χ1v) is 24.4. The van der Waals surface area contributed by atoms with E-state index in [1.165, 1.54) is 22.3 Å². The lowest BCUT2D eigenvalue weighted by Crippen LogP contribution is -2.40. The lowest BCUT2D eigenvalue weighted by molar-refractivity contribution is -0.142. The number of fused-ring (bicyclic) bond motifs is 3. The minimum Gasteiger partial charge on any atom is -0.497 e. The number of likely N-dealkylation sites (N-methyl/N-ethyl adjacent to an activating group) is 1. The highest BCUT2D eigenvalue weighted by atomic mass is 16.6. The van der Waals surface area contributed by atoms with E-state index in [0.29, 0.717) is 77.4 Å². The van der Waals surface area contributed by atoms with Gasteiger partial charge in [-0.2, -0.15) is 0 Å². The van der Waals surface area contributed by atoms with Gasteiger partial charge in [0.2, 0.25) is 17.7 Å². The zero-order valence-corrected chi connectivity index (χ0v) is 43.3. The van der Waals surface area contributed by atoms with Crippen LogP contribution in [0.1, 0.15) is 41.1 Å². The standard InChI is InChI=1S/C25H35N3O7.C21H23NO6.C7H16N2O3/c1-4-35-19-7-5-18(6-8-19)25(21-10-9-20(31-2)15-22(21)32-3)28-23(29)16-27-24(30)17-34-14-13-33-12-11-26;23-20(24)14-27-12-11-26-10-9-22-21(25)28-13-19-17-7-3-1-5-15(17)16-6-2-4-8-18(16)19;1-9-7(10)6-12-5-4-11-3-2-8/h5-10,15,25H,4,11-14,16-17,26H2,1-3H3,(H,27,30)(H,28,29);1-8,19H,9-14H2,(H,22,25)(H,23,24);2-6,8H2,1H3,(H,9,10). The van der Waals surface area contributed by atoms with Gasteiger partial charge in [-0.05, 0) is 59.0 Å². The van der Waals surface area contributed by atoms with Crippen LogP contribution in [-0.2, 0) is 52.3 Å². The predicted molar refractivity (Wildman–Crippen MR) is 278 cm³/mol. The molecule has 0 aromatic heterocycles. The van der Waals surface area contributed by atoms with Crippen molar-refractivity contribution in [3.8, 4) is 28.4 Å². The molecule has 0 saturated heterocycles. The molecule has 1 unspecified atom stereocenters. The number of amides is 4. The van der Waals surface area contributed by atoms with Gasteiger partial charge in [-0.15, -0.1) is 0 Å². The van der Waals surface area contributed by atoms with Crippen LogP contribution in [0.25, 0.3) is 11.1 Å². The van der Waals surface area contributed by atoms with Crippen molar-refractivity contribution in [3.63, 3.8) is 0 Å². The Labute approximate surface area is 438 Å². The Hall–Kier alpha value is -6.89. The average molecular weight is 1050 g/mol. The number of methoxy groups -OCH3 is 2. The van der Waals surface area contributed by atoms with Gasteiger partial charge in [-0.1, -0.05) is 60.7 Å². The van der Waals surface area contributed by atoms with Crippen molar-refractivity contribution in [2.24, 2.45) is 11.5 Å². The van der Waals surface area contributed by atoms with Crippen LogP contribution < -0.4 is 46.9 Å². The third kappa shape index (κ3) is 24.3. The number of rotatable bonds is 33. The summed E-state index contributed by atoms with van der Waals surface area (Å²) in [7, 11) is 4.69. The zero-order chi connectivity index (χ0) is 54.5. The first kappa shape index (κ1) is 62.4. The molecule has 0 heterocycles. The maximum absolute atomic E-state index is 12.8. The Balaban J connectivity index is 0.000000330. The molecule has 0 bridgehead atoms. The van der Waals surface area contributed by atoms with Gasteiger partial charge in [-0.25, -0.2) is 9.59 Å². The fourth-order valence-electron chi connectivity index (χ4n) is 7.03. The quantitative estimate of drug-likeness (QED) is 0.0338. The predicted octanol–water partition coefficient (Wildman–Crippen LogP) is 2.78. The number of hydrogen-bond donors (Lipinski definition) is 7. The van der Waals surface area contributed by atoms with Gasteiger partial charge in [0.05, 0.1) is 92.9 Å². The number of carboxylic acids is 1. The molecular formula is C53H74N6O16. The number of nitrogens with two attached hydrogens (primary N) is 2. The highest BCUT2D eigenvalue weighted by Crippen LogP contribution is 2.44. The molecule has 0 radical (unpaired) electrons. The summed E-state index contributed by atoms with van der Waals surface area (Å²) in [4.78, 5) is 57.6. The van der Waals surface area contributed by atoms with Crippen molar-refractivity contribution in [1.82, 2.24) is 21.3 Å². The summed E-state index contributed by atoms with van der Waals surface area (Å²) in [5.41, 5.74) is 16.8. The van der Waals surface area contributed by atoms with E-state index in [9.17, 15) is 24.0 Å². The summed E-state index contributed by atoms with van der Waals surface area (Å²) in [5.74, 6) is 0.0103. The maximum atomic E-state index is 12.8. The summed E-state index contributed by atoms with van der Waals surface area (Å²) < 4.78 is 52.2. The van der Waals surface area contributed by atoms with E-state index in [1.807, 2.05) is 61.5 Å². The molecule has 22 heteroatoms. The van der Waals surface area contributed by atoms with Crippen molar-refractivity contribution in [3.05, 3.63) is 113 Å². The van der Waals surface area contributed by atoms with Crippen LogP contribution in [0.15, 0.2) is 91.0 Å². The third-order valence-electron chi connectivity index (χ3n) is 10.5. The number of hydrogen-bond acceptors (Lipinski definition) is 17. The van der Waals surface area contributed by atoms with Gasteiger partial charge >= 0.3 is 12.1 Å². The fraction of sp³-hybridized carbons (Fsp3) is 0.453. The van der Waals surface area contributed by atoms with Gasteiger partial charge in [0.1, 0.15) is 43.7 Å². The van der Waals surface area contributed by atoms with E-state index < -0.39 is 24.0 Å². The van der Waals surface area contributed by atoms with Crippen molar-refractivity contribution < 1.29 is 76.4 Å². The molecule has 1 aliphatic rings. The minimum atomic E-state index is -1.02. The number of ether oxygens (including phenoxy) is 10. The monoisotopic (exact) mass is 1050 g/mol. The van der Waals surface area contributed by atoms with Gasteiger partial charge in [0, 0.05) is 44.2 Å². The first-order chi connectivity index (χ1) is 36.5. The molecule has 1 atom stereocenters. The van der Waals surface area contributed by atoms with E-state index >= 15 is 0 Å². The normalized spacial score (nSPS) is 11.5. The number of carbonyl (C=O) groups excluding carboxylic acids is 4. The molecule has 0 aliphatic heterocycles. The lowest BCUT2D eigenvalue weighted by atomic mass is 9.97. The van der Waals surface area contributed by atoms with Crippen LogP contribution in [-0.4, -0.2) is 175 Å². The number of nitrogens with one attached hydrogen (secondary N) is 4. The Bertz CT molecular complexity index is 2240. The van der Waals surface area contributed by atoms with Crippen LogP contribution in [0.2, 0.25) is 0 Å². The van der Waals surface area contributed by atoms with Crippen molar-refractivity contribution in [1.29, 1.82) is 0 Å². The lowest BCUT2D eigenvalue weighted by Gasteiger charge is -2.23. The number of carboxylic acid groups (broad SMARTS) is 1. The third-order valence-corrected chi connectivity index (χ3v) is 10.5. The van der Waals surface area contributed by atoms with E-state index in [1.54, 1.807) is 33.4 Å². The SMILES string of the molecule is CCOc1ccc(C(NC(=O)CNC(=O)COCCOCCN)c2ccc(OC)cc2OC)cc1.CNC(=O)COCCOCCN.O=C(O)COCCOCCNC(=O)OCC1c2ccccc2-c2ccccc21. The molecule has 4 amide bonds. The second kappa shape index (κ2) is 37.8. The summed E-state index contributed by atoms with van der Waals surface area (Å²) >= 11 is 0. The van der Waals surface area contributed by atoms with Gasteiger partial charge in [-0.3, -0.25) is 14.4 Å². The number of alkyl carbamates (subject to hydrolysis) is 1. The number of aliphatic carboxylic acids is 1. The van der Waals surface area contributed by atoms with E-state index in [2.05, 4.69) is 45.5 Å². The summed E-state index contributed by atoms with van der Waals surface area (Å²) in [5, 5.41) is 19.0. The second-order valence-electron chi connectivity index (χ2n) is 15.8. The topological polar surface area (TPSA) is 298 Å². The van der Waals surface area contributed by atoms with Crippen LogP contribution in [0.3, 0.4) is 0 Å². The average Bonchev–Trinajstić information content (AvgIpc) is 3.75. The maximum Gasteiger partial charge on any atom is 0.407 e. The molecule has 4 aromatic rings. The number of benzene rings is 4. The van der Waals surface area contributed by atoms with Crippen LogP contribution >= 0.6 is 0 Å². The van der Waals surface area contributed by atoms with Gasteiger partial charge in [0.15, 0.2) is 0 Å². The van der Waals surface area contributed by atoms with Crippen LogP contribution in [0.4, 0.5) is 4.79 Å². The molecule has 412 valence electrons.